The molecule has 6 nitrogen and oxygen atoms in total. The lowest BCUT2D eigenvalue weighted by Crippen LogP contribution is -2.43. The van der Waals surface area contributed by atoms with Crippen molar-refractivity contribution in [2.45, 2.75) is 25.9 Å². The number of benzene rings is 1. The molecule has 0 radical (unpaired) electrons. The summed E-state index contributed by atoms with van der Waals surface area (Å²) in [5.41, 5.74) is 1.61. The first-order chi connectivity index (χ1) is 12.2. The summed E-state index contributed by atoms with van der Waals surface area (Å²) in [6.45, 7) is 3.24. The molecule has 1 aliphatic heterocycles. The van der Waals surface area contributed by atoms with E-state index in [0.29, 0.717) is 30.4 Å². The minimum Gasteiger partial charge on any atom is -0.495 e. The van der Waals surface area contributed by atoms with E-state index in [0.717, 1.165) is 18.5 Å². The lowest BCUT2D eigenvalue weighted by Gasteiger charge is -2.32. The normalized spacial score (nSPS) is 14.9. The van der Waals surface area contributed by atoms with Crippen molar-refractivity contribution in [3.8, 4) is 11.6 Å². The lowest BCUT2D eigenvalue weighted by molar-refractivity contribution is 0.111. The minimum atomic E-state index is -0.114. The van der Waals surface area contributed by atoms with Crippen LogP contribution in [0.4, 0.5) is 10.5 Å². The molecule has 0 spiro atoms. The summed E-state index contributed by atoms with van der Waals surface area (Å²) in [4.78, 5) is 18.6. The molecule has 3 rings (SSSR count). The number of carbonyl (C=O) groups is 1. The van der Waals surface area contributed by atoms with Crippen LogP contribution in [0.2, 0.25) is 0 Å². The molecule has 1 aromatic carbocycles. The van der Waals surface area contributed by atoms with Crippen molar-refractivity contribution in [3.05, 3.63) is 48.2 Å². The van der Waals surface area contributed by atoms with Gasteiger partial charge in [0.05, 0.1) is 12.8 Å². The number of hydrogen-bond donors (Lipinski definition) is 1. The molecule has 0 bridgehead atoms. The van der Waals surface area contributed by atoms with Crippen LogP contribution in [0, 0.1) is 6.92 Å². The van der Waals surface area contributed by atoms with Gasteiger partial charge in [-0.05, 0) is 25.1 Å². The fourth-order valence-electron chi connectivity index (χ4n) is 2.87. The summed E-state index contributed by atoms with van der Waals surface area (Å²) in [6, 6.07) is 13.0. The first-order valence-corrected chi connectivity index (χ1v) is 8.45. The maximum atomic E-state index is 12.5. The largest absolute Gasteiger partial charge is 0.495 e. The van der Waals surface area contributed by atoms with Gasteiger partial charge < -0.3 is 19.7 Å². The topological polar surface area (TPSA) is 63.7 Å². The highest BCUT2D eigenvalue weighted by Crippen LogP contribution is 2.24. The highest BCUT2D eigenvalue weighted by atomic mass is 16.5. The Kier molecular flexibility index (Phi) is 5.38. The van der Waals surface area contributed by atoms with E-state index in [1.54, 1.807) is 12.0 Å². The summed E-state index contributed by atoms with van der Waals surface area (Å²) < 4.78 is 11.2. The van der Waals surface area contributed by atoms with Crippen LogP contribution in [0.25, 0.3) is 0 Å². The molecule has 0 unspecified atom stereocenters. The Labute approximate surface area is 147 Å². The number of anilines is 1. The number of nitrogens with zero attached hydrogens (tertiary/aromatic N) is 2. The van der Waals surface area contributed by atoms with E-state index in [1.165, 1.54) is 0 Å². The Morgan fingerprint density at radius 2 is 1.92 bits per heavy atom. The Morgan fingerprint density at radius 3 is 2.64 bits per heavy atom. The molecule has 1 N–H and O–H groups in total. The van der Waals surface area contributed by atoms with Crippen molar-refractivity contribution < 1.29 is 14.3 Å². The second-order valence-electron chi connectivity index (χ2n) is 6.05. The molecule has 2 aromatic rings. The molecule has 132 valence electrons. The molecule has 0 aliphatic carbocycles. The molecule has 0 atom stereocenters. The van der Waals surface area contributed by atoms with Crippen molar-refractivity contribution in [2.75, 3.05) is 25.5 Å². The van der Waals surface area contributed by atoms with Gasteiger partial charge in [-0.15, -0.1) is 0 Å². The number of para-hydroxylation sites is 2. The van der Waals surface area contributed by atoms with Gasteiger partial charge in [-0.3, -0.25) is 0 Å². The third kappa shape index (κ3) is 4.41. The summed E-state index contributed by atoms with van der Waals surface area (Å²) in [5.74, 6) is 1.30. The molecular formula is C19H23N3O3. The molecule has 6 heteroatoms. The van der Waals surface area contributed by atoms with Crippen LogP contribution in [0.1, 0.15) is 18.5 Å². The number of methoxy groups -OCH3 is 1. The second kappa shape index (κ2) is 7.88. The van der Waals surface area contributed by atoms with Gasteiger partial charge in [0, 0.05) is 37.7 Å². The summed E-state index contributed by atoms with van der Waals surface area (Å²) in [7, 11) is 1.59. The zero-order valence-electron chi connectivity index (χ0n) is 14.6. The summed E-state index contributed by atoms with van der Waals surface area (Å²) in [6.07, 6.45) is 1.66. The van der Waals surface area contributed by atoms with Crippen LogP contribution in [-0.4, -0.2) is 42.2 Å². The van der Waals surface area contributed by atoms with E-state index in [9.17, 15) is 4.79 Å². The molecule has 25 heavy (non-hydrogen) atoms. The smallest absolute Gasteiger partial charge is 0.321 e. The van der Waals surface area contributed by atoms with Crippen LogP contribution in [0.3, 0.4) is 0 Å². The van der Waals surface area contributed by atoms with Gasteiger partial charge >= 0.3 is 6.03 Å². The molecular weight excluding hydrogens is 318 g/mol. The van der Waals surface area contributed by atoms with Crippen LogP contribution < -0.4 is 14.8 Å². The average molecular weight is 341 g/mol. The molecule has 1 aliphatic rings. The molecule has 1 saturated heterocycles. The van der Waals surface area contributed by atoms with Crippen molar-refractivity contribution >= 4 is 11.7 Å². The third-order valence-electron chi connectivity index (χ3n) is 4.23. The van der Waals surface area contributed by atoms with Crippen LogP contribution in [-0.2, 0) is 0 Å². The van der Waals surface area contributed by atoms with E-state index in [2.05, 4.69) is 10.3 Å². The van der Waals surface area contributed by atoms with E-state index < -0.39 is 0 Å². The number of pyridine rings is 1. The monoisotopic (exact) mass is 341 g/mol. The standard InChI is InChI=1S/C19H23N3O3/c1-14-6-5-9-18(20-14)25-15-10-12-22(13-11-15)19(23)21-16-7-3-4-8-17(16)24-2/h3-9,15H,10-13H2,1-2H3,(H,21,23). The van der Waals surface area contributed by atoms with Gasteiger partial charge in [0.25, 0.3) is 0 Å². The van der Waals surface area contributed by atoms with Crippen molar-refractivity contribution in [3.63, 3.8) is 0 Å². The fourth-order valence-corrected chi connectivity index (χ4v) is 2.87. The number of urea groups is 1. The van der Waals surface area contributed by atoms with Crippen LogP contribution in [0.5, 0.6) is 11.6 Å². The van der Waals surface area contributed by atoms with E-state index in [-0.39, 0.29) is 12.1 Å². The summed E-state index contributed by atoms with van der Waals surface area (Å²) >= 11 is 0. The molecule has 1 fully saturated rings. The quantitative estimate of drug-likeness (QED) is 0.925. The van der Waals surface area contributed by atoms with Gasteiger partial charge in [-0.2, -0.15) is 0 Å². The summed E-state index contributed by atoms with van der Waals surface area (Å²) in [5, 5.41) is 2.91. The van der Waals surface area contributed by atoms with Gasteiger partial charge in [-0.25, -0.2) is 9.78 Å². The highest BCUT2D eigenvalue weighted by Gasteiger charge is 2.24. The lowest BCUT2D eigenvalue weighted by atomic mass is 10.1. The van der Waals surface area contributed by atoms with E-state index in [1.807, 2.05) is 49.4 Å². The Balaban J connectivity index is 1.52. The number of piperidine rings is 1. The van der Waals surface area contributed by atoms with Gasteiger partial charge in [-0.1, -0.05) is 18.2 Å². The van der Waals surface area contributed by atoms with Gasteiger partial charge in [0.15, 0.2) is 0 Å². The fraction of sp³-hybridized carbons (Fsp3) is 0.368. The number of aryl methyl sites for hydroxylation is 1. The SMILES string of the molecule is COc1ccccc1NC(=O)N1CCC(Oc2cccc(C)n2)CC1. The van der Waals surface area contributed by atoms with Gasteiger partial charge in [0.1, 0.15) is 11.9 Å². The number of rotatable bonds is 4. The maximum Gasteiger partial charge on any atom is 0.321 e. The number of likely N-dealkylation sites (tertiary alicyclic amines) is 1. The zero-order valence-corrected chi connectivity index (χ0v) is 14.6. The Morgan fingerprint density at radius 1 is 1.16 bits per heavy atom. The number of amides is 2. The highest BCUT2D eigenvalue weighted by molar-refractivity contribution is 5.91. The minimum absolute atomic E-state index is 0.0876. The second-order valence-corrected chi connectivity index (χ2v) is 6.05. The molecule has 2 amide bonds. The first kappa shape index (κ1) is 17.1. The number of aromatic nitrogens is 1. The van der Waals surface area contributed by atoms with E-state index in [4.69, 9.17) is 9.47 Å². The molecule has 2 heterocycles. The third-order valence-corrected chi connectivity index (χ3v) is 4.23. The Bertz CT molecular complexity index is 727. The first-order valence-electron chi connectivity index (χ1n) is 8.45. The van der Waals surface area contributed by atoms with Crippen molar-refractivity contribution in [1.82, 2.24) is 9.88 Å². The maximum absolute atomic E-state index is 12.5. The number of carbonyl (C=O) groups excluding carboxylic acids is 1. The van der Waals surface area contributed by atoms with Gasteiger partial charge in [0.2, 0.25) is 5.88 Å². The van der Waals surface area contributed by atoms with Crippen LogP contribution in [0.15, 0.2) is 42.5 Å². The average Bonchev–Trinajstić information content (AvgIpc) is 2.63. The molecule has 1 aromatic heterocycles. The zero-order chi connectivity index (χ0) is 17.6. The predicted molar refractivity (Wildman–Crippen MR) is 96.2 cm³/mol. The van der Waals surface area contributed by atoms with E-state index >= 15 is 0 Å². The molecule has 0 saturated carbocycles. The van der Waals surface area contributed by atoms with Crippen LogP contribution >= 0.6 is 0 Å². The number of hydrogen-bond acceptors (Lipinski definition) is 4. The van der Waals surface area contributed by atoms with Crippen molar-refractivity contribution in [1.29, 1.82) is 0 Å². The number of nitrogens with one attached hydrogen (secondary N) is 1. The number of ether oxygens (including phenoxy) is 2. The Hall–Kier alpha value is -2.76. The predicted octanol–water partition coefficient (Wildman–Crippen LogP) is 3.47. The van der Waals surface area contributed by atoms with Crippen molar-refractivity contribution in [2.24, 2.45) is 0 Å².